The minimum atomic E-state index is -0.607. The van der Waals surface area contributed by atoms with E-state index in [2.05, 4.69) is 12.2 Å². The van der Waals surface area contributed by atoms with Crippen LogP contribution in [-0.4, -0.2) is 32.7 Å². The summed E-state index contributed by atoms with van der Waals surface area (Å²) in [7, 11) is 3.09. The zero-order chi connectivity index (χ0) is 21.1. The molecule has 0 radical (unpaired) electrons. The molecule has 0 bridgehead atoms. The lowest BCUT2D eigenvalue weighted by Gasteiger charge is -2.08. The average Bonchev–Trinajstić information content (AvgIpc) is 2.75. The van der Waals surface area contributed by atoms with E-state index in [0.29, 0.717) is 17.2 Å². The SMILES string of the molecule is CCCCc1ccc(NC(=O)COC(=O)/C=C/c2ccc(OC)c(OC)c2)cc1. The van der Waals surface area contributed by atoms with Gasteiger partial charge in [0, 0.05) is 11.8 Å². The van der Waals surface area contributed by atoms with Crippen LogP contribution in [-0.2, 0) is 20.7 Å². The maximum Gasteiger partial charge on any atom is 0.331 e. The van der Waals surface area contributed by atoms with Crippen LogP contribution in [0.25, 0.3) is 6.08 Å². The van der Waals surface area contributed by atoms with Gasteiger partial charge in [0.15, 0.2) is 18.1 Å². The van der Waals surface area contributed by atoms with Gasteiger partial charge in [-0.1, -0.05) is 31.5 Å². The monoisotopic (exact) mass is 397 g/mol. The minimum absolute atomic E-state index is 0.354. The predicted octanol–water partition coefficient (Wildman–Crippen LogP) is 4.24. The second kappa shape index (κ2) is 11.5. The molecule has 6 heteroatoms. The molecule has 6 nitrogen and oxygen atoms in total. The maximum atomic E-state index is 12.0. The molecule has 1 N–H and O–H groups in total. The topological polar surface area (TPSA) is 73.9 Å². The average molecular weight is 397 g/mol. The lowest BCUT2D eigenvalue weighted by Crippen LogP contribution is -2.20. The molecule has 0 aliphatic rings. The number of ether oxygens (including phenoxy) is 3. The molecule has 0 saturated carbocycles. The van der Waals surface area contributed by atoms with Crippen LogP contribution in [0, 0.1) is 0 Å². The summed E-state index contributed by atoms with van der Waals surface area (Å²) >= 11 is 0. The van der Waals surface area contributed by atoms with E-state index in [1.165, 1.54) is 18.7 Å². The van der Waals surface area contributed by atoms with E-state index in [9.17, 15) is 9.59 Å². The lowest BCUT2D eigenvalue weighted by atomic mass is 10.1. The van der Waals surface area contributed by atoms with E-state index in [4.69, 9.17) is 14.2 Å². The number of amides is 1. The van der Waals surface area contributed by atoms with Gasteiger partial charge in [0.25, 0.3) is 5.91 Å². The largest absolute Gasteiger partial charge is 0.493 e. The fourth-order valence-corrected chi connectivity index (χ4v) is 2.64. The molecule has 2 aromatic carbocycles. The van der Waals surface area contributed by atoms with Crippen LogP contribution in [0.1, 0.15) is 30.9 Å². The summed E-state index contributed by atoms with van der Waals surface area (Å²) in [6, 6.07) is 12.9. The van der Waals surface area contributed by atoms with Crippen LogP contribution >= 0.6 is 0 Å². The van der Waals surface area contributed by atoms with Crippen molar-refractivity contribution in [1.82, 2.24) is 0 Å². The van der Waals surface area contributed by atoms with Gasteiger partial charge in [-0.05, 0) is 54.3 Å². The summed E-state index contributed by atoms with van der Waals surface area (Å²) in [5, 5.41) is 2.71. The Morgan fingerprint density at radius 1 is 1.00 bits per heavy atom. The molecule has 2 aromatic rings. The number of hydrogen-bond acceptors (Lipinski definition) is 5. The maximum absolute atomic E-state index is 12.0. The highest BCUT2D eigenvalue weighted by molar-refractivity contribution is 5.94. The zero-order valence-electron chi connectivity index (χ0n) is 17.1. The molecule has 0 heterocycles. The van der Waals surface area contributed by atoms with E-state index in [0.717, 1.165) is 24.8 Å². The van der Waals surface area contributed by atoms with Crippen molar-refractivity contribution in [2.45, 2.75) is 26.2 Å². The molecule has 0 aliphatic carbocycles. The first-order valence-electron chi connectivity index (χ1n) is 9.51. The number of unbranched alkanes of at least 4 members (excludes halogenated alkanes) is 1. The molecular formula is C23H27NO5. The molecule has 2 rings (SSSR count). The zero-order valence-corrected chi connectivity index (χ0v) is 17.1. The fraction of sp³-hybridized carbons (Fsp3) is 0.304. The van der Waals surface area contributed by atoms with E-state index >= 15 is 0 Å². The molecule has 154 valence electrons. The Kier molecular flexibility index (Phi) is 8.76. The Morgan fingerprint density at radius 2 is 1.72 bits per heavy atom. The summed E-state index contributed by atoms with van der Waals surface area (Å²) in [6.07, 6.45) is 6.14. The number of anilines is 1. The van der Waals surface area contributed by atoms with Crippen LogP contribution in [0.2, 0.25) is 0 Å². The van der Waals surface area contributed by atoms with Crippen molar-refractivity contribution in [3.8, 4) is 11.5 Å². The number of rotatable bonds is 10. The summed E-state index contributed by atoms with van der Waals surface area (Å²) in [5.41, 5.74) is 2.65. The van der Waals surface area contributed by atoms with E-state index in [1.54, 1.807) is 31.4 Å². The van der Waals surface area contributed by atoms with Gasteiger partial charge in [-0.3, -0.25) is 4.79 Å². The number of methoxy groups -OCH3 is 2. The number of benzene rings is 2. The molecule has 29 heavy (non-hydrogen) atoms. The Balaban J connectivity index is 1.81. The second-order valence-corrected chi connectivity index (χ2v) is 6.40. The smallest absolute Gasteiger partial charge is 0.331 e. The quantitative estimate of drug-likeness (QED) is 0.479. The highest BCUT2D eigenvalue weighted by Gasteiger charge is 2.07. The van der Waals surface area contributed by atoms with Gasteiger partial charge in [-0.15, -0.1) is 0 Å². The number of hydrogen-bond donors (Lipinski definition) is 1. The Bertz CT molecular complexity index is 843. The Morgan fingerprint density at radius 3 is 2.38 bits per heavy atom. The van der Waals surface area contributed by atoms with Gasteiger partial charge in [0.1, 0.15) is 0 Å². The van der Waals surface area contributed by atoms with Crippen molar-refractivity contribution in [1.29, 1.82) is 0 Å². The van der Waals surface area contributed by atoms with Crippen LogP contribution in [0.3, 0.4) is 0 Å². The van der Waals surface area contributed by atoms with E-state index in [-0.39, 0.29) is 12.5 Å². The van der Waals surface area contributed by atoms with E-state index < -0.39 is 5.97 Å². The third kappa shape index (κ3) is 7.33. The lowest BCUT2D eigenvalue weighted by molar-refractivity contribution is -0.142. The molecule has 0 aliphatic heterocycles. The van der Waals surface area contributed by atoms with Gasteiger partial charge in [-0.25, -0.2) is 4.79 Å². The first-order valence-corrected chi connectivity index (χ1v) is 9.51. The Hall–Kier alpha value is -3.28. The standard InChI is InChI=1S/C23H27NO5/c1-4-5-6-17-7-11-19(12-8-17)24-22(25)16-29-23(26)14-10-18-9-13-20(27-2)21(15-18)28-3/h7-15H,4-6,16H2,1-3H3,(H,24,25)/b14-10+. The molecule has 0 fully saturated rings. The second-order valence-electron chi connectivity index (χ2n) is 6.40. The van der Waals surface area contributed by atoms with Crippen molar-refractivity contribution in [3.63, 3.8) is 0 Å². The van der Waals surface area contributed by atoms with Crippen LogP contribution in [0.15, 0.2) is 48.5 Å². The molecule has 0 spiro atoms. The summed E-state index contributed by atoms with van der Waals surface area (Å²) in [4.78, 5) is 23.8. The molecule has 0 saturated heterocycles. The molecule has 0 aromatic heterocycles. The number of nitrogens with one attached hydrogen (secondary N) is 1. The Labute approximate surface area is 171 Å². The number of aryl methyl sites for hydroxylation is 1. The van der Waals surface area contributed by atoms with E-state index in [1.807, 2.05) is 24.3 Å². The summed E-state index contributed by atoms with van der Waals surface area (Å²) in [5.74, 6) is 0.162. The number of esters is 1. The van der Waals surface area contributed by atoms with Crippen molar-refractivity contribution in [2.24, 2.45) is 0 Å². The highest BCUT2D eigenvalue weighted by atomic mass is 16.5. The molecular weight excluding hydrogens is 370 g/mol. The molecule has 1 amide bonds. The third-order valence-electron chi connectivity index (χ3n) is 4.22. The van der Waals surface area contributed by atoms with Gasteiger partial charge in [0.2, 0.25) is 0 Å². The first-order chi connectivity index (χ1) is 14.0. The molecule has 0 atom stereocenters. The van der Waals surface area contributed by atoms with Crippen molar-refractivity contribution in [3.05, 3.63) is 59.7 Å². The number of carbonyl (C=O) groups excluding carboxylic acids is 2. The van der Waals surface area contributed by atoms with Crippen molar-refractivity contribution < 1.29 is 23.8 Å². The molecule has 0 unspecified atom stereocenters. The number of carbonyl (C=O) groups is 2. The third-order valence-corrected chi connectivity index (χ3v) is 4.22. The van der Waals surface area contributed by atoms with Gasteiger partial charge >= 0.3 is 5.97 Å². The van der Waals surface area contributed by atoms with Crippen molar-refractivity contribution in [2.75, 3.05) is 26.1 Å². The van der Waals surface area contributed by atoms with Crippen molar-refractivity contribution >= 4 is 23.6 Å². The first kappa shape index (κ1) is 22.0. The van der Waals surface area contributed by atoms with Crippen LogP contribution < -0.4 is 14.8 Å². The predicted molar refractivity (Wildman–Crippen MR) is 113 cm³/mol. The summed E-state index contributed by atoms with van der Waals surface area (Å²) < 4.78 is 15.4. The normalized spacial score (nSPS) is 10.6. The minimum Gasteiger partial charge on any atom is -0.493 e. The van der Waals surface area contributed by atoms with Gasteiger partial charge < -0.3 is 19.5 Å². The fourth-order valence-electron chi connectivity index (χ4n) is 2.64. The van der Waals surface area contributed by atoms with Gasteiger partial charge in [0.05, 0.1) is 14.2 Å². The van der Waals surface area contributed by atoms with Crippen LogP contribution in [0.5, 0.6) is 11.5 Å². The summed E-state index contributed by atoms with van der Waals surface area (Å²) in [6.45, 7) is 1.80. The van der Waals surface area contributed by atoms with Gasteiger partial charge in [-0.2, -0.15) is 0 Å². The highest BCUT2D eigenvalue weighted by Crippen LogP contribution is 2.27. The van der Waals surface area contributed by atoms with Crippen LogP contribution in [0.4, 0.5) is 5.69 Å².